The Labute approximate surface area is 119 Å². The van der Waals surface area contributed by atoms with Crippen molar-refractivity contribution in [1.29, 1.82) is 0 Å². The lowest BCUT2D eigenvalue weighted by molar-refractivity contribution is -0.120. The van der Waals surface area contributed by atoms with Crippen molar-refractivity contribution in [3.63, 3.8) is 0 Å². The van der Waals surface area contributed by atoms with Gasteiger partial charge in [0.05, 0.1) is 5.69 Å². The molecule has 0 aliphatic heterocycles. The Bertz CT molecular complexity index is 570. The molecule has 1 amide bonds. The molecule has 4 nitrogen and oxygen atoms in total. The number of carbonyl (C=O) groups is 1. The zero-order chi connectivity index (χ0) is 13.7. The van der Waals surface area contributed by atoms with Crippen LogP contribution in [0.3, 0.4) is 0 Å². The number of hydrogen-bond acceptors (Lipinski definition) is 2. The lowest BCUT2D eigenvalue weighted by Gasteiger charge is -2.22. The third-order valence-electron chi connectivity index (χ3n) is 5.29. The standard InChI is InChI=1S/C16H21N3O/c1-19-15(9-14(18-19)11-3-2-4-11)17-16(20)13-8-10-5-6-12(13)7-10/h5-6,9-13H,2-4,7-8H2,1H3,(H,17,20). The molecule has 3 atom stereocenters. The number of nitrogens with one attached hydrogen (secondary N) is 1. The highest BCUT2D eigenvalue weighted by Crippen LogP contribution is 2.44. The summed E-state index contributed by atoms with van der Waals surface area (Å²) in [6, 6.07) is 2.06. The van der Waals surface area contributed by atoms with E-state index in [2.05, 4.69) is 28.6 Å². The van der Waals surface area contributed by atoms with Crippen molar-refractivity contribution in [3.05, 3.63) is 23.9 Å². The van der Waals surface area contributed by atoms with Crippen LogP contribution < -0.4 is 5.32 Å². The zero-order valence-corrected chi connectivity index (χ0v) is 11.9. The highest BCUT2D eigenvalue weighted by Gasteiger charge is 2.40. The number of allylic oxidation sites excluding steroid dienone is 2. The maximum Gasteiger partial charge on any atom is 0.229 e. The Morgan fingerprint density at radius 3 is 2.80 bits per heavy atom. The second-order valence-electron chi connectivity index (χ2n) is 6.58. The van der Waals surface area contributed by atoms with Gasteiger partial charge in [-0.05, 0) is 37.5 Å². The van der Waals surface area contributed by atoms with Gasteiger partial charge in [0, 0.05) is 24.9 Å². The third-order valence-corrected chi connectivity index (χ3v) is 5.29. The van der Waals surface area contributed by atoms with Crippen LogP contribution in [0.5, 0.6) is 0 Å². The molecule has 3 unspecified atom stereocenters. The summed E-state index contributed by atoms with van der Waals surface area (Å²) >= 11 is 0. The number of fused-ring (bicyclic) bond motifs is 2. The lowest BCUT2D eigenvalue weighted by Crippen LogP contribution is -2.26. The quantitative estimate of drug-likeness (QED) is 0.859. The molecule has 4 rings (SSSR count). The summed E-state index contributed by atoms with van der Waals surface area (Å²) in [5.41, 5.74) is 1.14. The third kappa shape index (κ3) is 1.89. The minimum Gasteiger partial charge on any atom is -0.311 e. The van der Waals surface area contributed by atoms with E-state index in [0.717, 1.165) is 24.4 Å². The number of aryl methyl sites for hydroxylation is 1. The van der Waals surface area contributed by atoms with E-state index in [-0.39, 0.29) is 11.8 Å². The summed E-state index contributed by atoms with van der Waals surface area (Å²) in [4.78, 5) is 12.4. The fraction of sp³-hybridized carbons (Fsp3) is 0.625. The molecule has 1 heterocycles. The van der Waals surface area contributed by atoms with Gasteiger partial charge in [-0.3, -0.25) is 9.48 Å². The van der Waals surface area contributed by atoms with E-state index in [1.807, 2.05) is 11.7 Å². The Kier molecular flexibility index (Phi) is 2.72. The van der Waals surface area contributed by atoms with Crippen molar-refractivity contribution < 1.29 is 4.79 Å². The first-order valence-electron chi connectivity index (χ1n) is 7.74. The van der Waals surface area contributed by atoms with Crippen molar-refractivity contribution >= 4 is 11.7 Å². The number of rotatable bonds is 3. The molecule has 4 heteroatoms. The Hall–Kier alpha value is -1.58. The largest absolute Gasteiger partial charge is 0.311 e. The normalized spacial score (nSPS) is 31.6. The van der Waals surface area contributed by atoms with Crippen LogP contribution in [0.2, 0.25) is 0 Å². The zero-order valence-electron chi connectivity index (χ0n) is 11.9. The summed E-state index contributed by atoms with van der Waals surface area (Å²) in [6.07, 6.45) is 10.5. The fourth-order valence-electron chi connectivity index (χ4n) is 3.81. The first kappa shape index (κ1) is 12.2. The molecule has 0 spiro atoms. The molecular formula is C16H21N3O. The molecule has 0 saturated heterocycles. The van der Waals surface area contributed by atoms with Gasteiger partial charge in [-0.2, -0.15) is 5.10 Å². The Morgan fingerprint density at radius 2 is 2.20 bits per heavy atom. The first-order valence-corrected chi connectivity index (χ1v) is 7.74. The van der Waals surface area contributed by atoms with Crippen LogP contribution in [0, 0.1) is 17.8 Å². The Morgan fingerprint density at radius 1 is 1.35 bits per heavy atom. The number of amides is 1. The maximum atomic E-state index is 12.4. The van der Waals surface area contributed by atoms with E-state index in [1.165, 1.54) is 19.3 Å². The van der Waals surface area contributed by atoms with Crippen molar-refractivity contribution in [2.24, 2.45) is 24.8 Å². The van der Waals surface area contributed by atoms with Crippen LogP contribution in [-0.2, 0) is 11.8 Å². The summed E-state index contributed by atoms with van der Waals surface area (Å²) < 4.78 is 1.81. The number of anilines is 1. The van der Waals surface area contributed by atoms with Crippen molar-refractivity contribution in [3.8, 4) is 0 Å². The summed E-state index contributed by atoms with van der Waals surface area (Å²) in [5.74, 6) is 2.88. The van der Waals surface area contributed by atoms with Crippen molar-refractivity contribution in [2.45, 2.75) is 38.0 Å². The Balaban J connectivity index is 1.47. The monoisotopic (exact) mass is 271 g/mol. The van der Waals surface area contributed by atoms with Gasteiger partial charge in [-0.15, -0.1) is 0 Å². The molecule has 20 heavy (non-hydrogen) atoms. The van der Waals surface area contributed by atoms with Crippen LogP contribution in [0.15, 0.2) is 18.2 Å². The van der Waals surface area contributed by atoms with Crippen molar-refractivity contribution in [2.75, 3.05) is 5.32 Å². The number of hydrogen-bond donors (Lipinski definition) is 1. The van der Waals surface area contributed by atoms with Gasteiger partial charge in [0.15, 0.2) is 0 Å². The van der Waals surface area contributed by atoms with Crippen LogP contribution in [-0.4, -0.2) is 15.7 Å². The van der Waals surface area contributed by atoms with Gasteiger partial charge in [0.1, 0.15) is 5.82 Å². The second kappa shape index (κ2) is 4.47. The molecule has 106 valence electrons. The molecule has 2 bridgehead atoms. The van der Waals surface area contributed by atoms with E-state index in [9.17, 15) is 4.79 Å². The summed E-state index contributed by atoms with van der Waals surface area (Å²) in [7, 11) is 1.92. The molecular weight excluding hydrogens is 250 g/mol. The number of aromatic nitrogens is 2. The van der Waals surface area contributed by atoms with E-state index >= 15 is 0 Å². The van der Waals surface area contributed by atoms with Gasteiger partial charge in [0.25, 0.3) is 0 Å². The highest BCUT2D eigenvalue weighted by molar-refractivity contribution is 5.92. The highest BCUT2D eigenvalue weighted by atomic mass is 16.2. The number of nitrogens with zero attached hydrogens (tertiary/aromatic N) is 2. The van der Waals surface area contributed by atoms with Gasteiger partial charge < -0.3 is 5.32 Å². The minimum absolute atomic E-state index is 0.159. The van der Waals surface area contributed by atoms with Crippen molar-refractivity contribution in [1.82, 2.24) is 9.78 Å². The number of carbonyl (C=O) groups excluding carboxylic acids is 1. The average Bonchev–Trinajstić information content (AvgIpc) is 3.03. The van der Waals surface area contributed by atoms with E-state index in [4.69, 9.17) is 0 Å². The van der Waals surface area contributed by atoms with Crippen LogP contribution in [0.4, 0.5) is 5.82 Å². The predicted molar refractivity (Wildman–Crippen MR) is 77.3 cm³/mol. The lowest BCUT2D eigenvalue weighted by atomic mass is 9.83. The molecule has 2 fully saturated rings. The maximum absolute atomic E-state index is 12.4. The first-order chi connectivity index (χ1) is 9.70. The van der Waals surface area contributed by atoms with Crippen LogP contribution in [0.25, 0.3) is 0 Å². The second-order valence-corrected chi connectivity index (χ2v) is 6.58. The average molecular weight is 271 g/mol. The molecule has 3 aliphatic rings. The molecule has 1 aromatic rings. The molecule has 1 aromatic heterocycles. The van der Waals surface area contributed by atoms with E-state index < -0.39 is 0 Å². The van der Waals surface area contributed by atoms with Gasteiger partial charge in [0.2, 0.25) is 5.91 Å². The molecule has 0 radical (unpaired) electrons. The smallest absolute Gasteiger partial charge is 0.229 e. The topological polar surface area (TPSA) is 46.9 Å². The van der Waals surface area contributed by atoms with Crippen LogP contribution >= 0.6 is 0 Å². The van der Waals surface area contributed by atoms with E-state index in [1.54, 1.807) is 0 Å². The summed E-state index contributed by atoms with van der Waals surface area (Å²) in [6.45, 7) is 0. The molecule has 1 N–H and O–H groups in total. The SMILES string of the molecule is Cn1nc(C2CCC2)cc1NC(=O)C1CC2C=CC1C2. The minimum atomic E-state index is 0.159. The van der Waals surface area contributed by atoms with Crippen LogP contribution in [0.1, 0.15) is 43.7 Å². The van der Waals surface area contributed by atoms with Gasteiger partial charge in [-0.25, -0.2) is 0 Å². The molecule has 2 saturated carbocycles. The predicted octanol–water partition coefficient (Wildman–Crippen LogP) is 2.84. The van der Waals surface area contributed by atoms with Gasteiger partial charge >= 0.3 is 0 Å². The molecule has 3 aliphatic carbocycles. The van der Waals surface area contributed by atoms with Gasteiger partial charge in [-0.1, -0.05) is 18.6 Å². The van der Waals surface area contributed by atoms with E-state index in [0.29, 0.717) is 17.8 Å². The fourth-order valence-corrected chi connectivity index (χ4v) is 3.81. The molecule has 0 aromatic carbocycles. The summed E-state index contributed by atoms with van der Waals surface area (Å²) in [5, 5.41) is 7.64.